The molecule has 5 rings (SSSR count). The van der Waals surface area contributed by atoms with Gasteiger partial charge in [-0.15, -0.1) is 10.7 Å². The fraction of sp³-hybridized carbons (Fsp3) is 0.290. The number of ether oxygens (including phenoxy) is 2. The van der Waals surface area contributed by atoms with E-state index >= 15 is 0 Å². The molecule has 0 fully saturated rings. The van der Waals surface area contributed by atoms with Gasteiger partial charge in [0.2, 0.25) is 11.8 Å². The molecule has 0 saturated carbocycles. The zero-order valence-corrected chi connectivity index (χ0v) is 26.7. The molecule has 1 unspecified atom stereocenters. The molecule has 1 aromatic heterocycles. The molecular formula is C31H33F3N4O5S2. The minimum absolute atomic E-state index is 0.00311. The summed E-state index contributed by atoms with van der Waals surface area (Å²) in [6.45, 7) is 5.71. The molecule has 240 valence electrons. The van der Waals surface area contributed by atoms with Gasteiger partial charge in [0.25, 0.3) is 10.1 Å². The van der Waals surface area contributed by atoms with Gasteiger partial charge in [0.15, 0.2) is 17.4 Å². The second-order valence-electron chi connectivity index (χ2n) is 10.5. The molecule has 0 spiro atoms. The molecule has 0 saturated heterocycles. The maximum Gasteiger partial charge on any atom is 0.295 e. The van der Waals surface area contributed by atoms with Gasteiger partial charge in [0.05, 0.1) is 24.3 Å². The SMILES string of the molecule is CS(=N)Cc1cc2cc(c1)OCCCCOc1c(ccc(F)c1F)-c1nc(ncc1F)N2.Cc1cc(C)c(S(=O)(=O)O)c(C)c1. The fourth-order valence-corrected chi connectivity index (χ4v) is 6.49. The summed E-state index contributed by atoms with van der Waals surface area (Å²) in [6, 6.07) is 11.1. The molecule has 3 aromatic carbocycles. The fourth-order valence-electron chi connectivity index (χ4n) is 4.90. The van der Waals surface area contributed by atoms with Crippen molar-refractivity contribution in [3.8, 4) is 22.8 Å². The van der Waals surface area contributed by atoms with E-state index in [1.54, 1.807) is 32.0 Å². The highest BCUT2D eigenvalue weighted by Crippen LogP contribution is 2.35. The van der Waals surface area contributed by atoms with Gasteiger partial charge in [-0.2, -0.15) is 12.8 Å². The molecule has 0 aliphatic carbocycles. The molecule has 2 heterocycles. The first-order chi connectivity index (χ1) is 21.2. The average Bonchev–Trinajstić information content (AvgIpc) is 2.92. The molecule has 4 bridgehead atoms. The molecule has 1 aliphatic heterocycles. The summed E-state index contributed by atoms with van der Waals surface area (Å²) in [6.07, 6.45) is 3.91. The van der Waals surface area contributed by atoms with Gasteiger partial charge < -0.3 is 14.8 Å². The van der Waals surface area contributed by atoms with Crippen molar-refractivity contribution in [2.24, 2.45) is 0 Å². The average molecular weight is 663 g/mol. The highest BCUT2D eigenvalue weighted by atomic mass is 32.2. The summed E-state index contributed by atoms with van der Waals surface area (Å²) in [5.41, 5.74) is 3.46. The number of fused-ring (bicyclic) bond motifs is 6. The lowest BCUT2D eigenvalue weighted by molar-refractivity contribution is 0.258. The lowest BCUT2D eigenvalue weighted by Crippen LogP contribution is -2.06. The van der Waals surface area contributed by atoms with Crippen LogP contribution in [0.1, 0.15) is 35.1 Å². The summed E-state index contributed by atoms with van der Waals surface area (Å²) >= 11 is 0. The molecule has 3 N–H and O–H groups in total. The second kappa shape index (κ2) is 14.4. The Bertz CT molecular complexity index is 1830. The van der Waals surface area contributed by atoms with Gasteiger partial charge in [-0.3, -0.25) is 9.33 Å². The van der Waals surface area contributed by atoms with Gasteiger partial charge in [0, 0.05) is 23.1 Å². The predicted molar refractivity (Wildman–Crippen MR) is 167 cm³/mol. The number of hydrogen-bond donors (Lipinski definition) is 3. The van der Waals surface area contributed by atoms with E-state index in [0.29, 0.717) is 47.8 Å². The Morgan fingerprint density at radius 2 is 1.64 bits per heavy atom. The predicted octanol–water partition coefficient (Wildman–Crippen LogP) is 7.22. The van der Waals surface area contributed by atoms with Gasteiger partial charge in [-0.1, -0.05) is 17.7 Å². The maximum absolute atomic E-state index is 14.6. The maximum atomic E-state index is 14.6. The quantitative estimate of drug-likeness (QED) is 0.196. The van der Waals surface area contributed by atoms with Crippen molar-refractivity contribution in [1.29, 1.82) is 4.78 Å². The number of nitrogens with one attached hydrogen (secondary N) is 2. The number of rotatable bonds is 3. The van der Waals surface area contributed by atoms with Crippen LogP contribution >= 0.6 is 0 Å². The number of halogens is 3. The number of anilines is 2. The van der Waals surface area contributed by atoms with Crippen molar-refractivity contribution < 1.29 is 35.6 Å². The molecule has 14 heteroatoms. The van der Waals surface area contributed by atoms with Crippen molar-refractivity contribution in [3.05, 3.63) is 88.4 Å². The topological polar surface area (TPSA) is 134 Å². The van der Waals surface area contributed by atoms with E-state index in [1.807, 2.05) is 25.3 Å². The third-order valence-corrected chi connectivity index (χ3v) is 8.50. The van der Waals surface area contributed by atoms with Crippen LogP contribution in [0, 0.1) is 43.0 Å². The minimum atomic E-state index is -4.08. The molecule has 1 atom stereocenters. The number of benzene rings is 3. The highest BCUT2D eigenvalue weighted by Gasteiger charge is 2.21. The van der Waals surface area contributed by atoms with Crippen LogP contribution < -0.4 is 14.8 Å². The Hall–Kier alpha value is -4.01. The van der Waals surface area contributed by atoms with Crippen LogP contribution in [0.5, 0.6) is 11.5 Å². The monoisotopic (exact) mass is 662 g/mol. The third kappa shape index (κ3) is 8.80. The van der Waals surface area contributed by atoms with E-state index in [4.69, 9.17) is 18.8 Å². The Balaban J connectivity index is 0.000000297. The number of hydrogen-bond acceptors (Lipinski definition) is 8. The lowest BCUT2D eigenvalue weighted by Gasteiger charge is -2.14. The summed E-state index contributed by atoms with van der Waals surface area (Å²) in [5, 5.41) is 3.02. The van der Waals surface area contributed by atoms with Crippen molar-refractivity contribution in [2.75, 3.05) is 24.8 Å². The summed E-state index contributed by atoms with van der Waals surface area (Å²) in [5.74, 6) is -2.24. The van der Waals surface area contributed by atoms with Crippen molar-refractivity contribution in [1.82, 2.24) is 9.97 Å². The van der Waals surface area contributed by atoms with Gasteiger partial charge in [-0.05, 0) is 80.8 Å². The zero-order valence-electron chi connectivity index (χ0n) is 25.1. The van der Waals surface area contributed by atoms with Crippen LogP contribution in [0.25, 0.3) is 11.3 Å². The summed E-state index contributed by atoms with van der Waals surface area (Å²) in [7, 11) is -4.65. The summed E-state index contributed by atoms with van der Waals surface area (Å²) < 4.78 is 93.0. The number of nitrogens with zero attached hydrogens (tertiary/aromatic N) is 2. The number of aryl methyl sites for hydroxylation is 3. The standard InChI is InChI=1S/C22H21F3N4O2S.C9H12O3S/c1-32(26)12-13-8-14-10-15(9-13)30-6-2-3-7-31-21-16(4-5-17(23)19(21)25)20-18(24)11-27-22(28-14)29-20;1-6-4-7(2)9(8(3)5-6)13(10,11)12/h4-5,8-11,26H,2-3,6-7,12H2,1H3,(H,27,28,29);4-5H,1-3H3,(H,10,11,12). The van der Waals surface area contributed by atoms with Crippen molar-refractivity contribution in [3.63, 3.8) is 0 Å². The smallest absolute Gasteiger partial charge is 0.295 e. The highest BCUT2D eigenvalue weighted by molar-refractivity contribution is 7.86. The van der Waals surface area contributed by atoms with E-state index in [2.05, 4.69) is 15.3 Å². The largest absolute Gasteiger partial charge is 0.494 e. The van der Waals surface area contributed by atoms with Crippen molar-refractivity contribution >= 4 is 32.4 Å². The minimum Gasteiger partial charge on any atom is -0.494 e. The van der Waals surface area contributed by atoms with Crippen LogP contribution in [0.4, 0.5) is 24.8 Å². The molecular weight excluding hydrogens is 629 g/mol. The molecule has 4 aromatic rings. The lowest BCUT2D eigenvalue weighted by atomic mass is 10.1. The molecule has 45 heavy (non-hydrogen) atoms. The van der Waals surface area contributed by atoms with E-state index in [9.17, 15) is 21.6 Å². The molecule has 1 aliphatic rings. The first-order valence-electron chi connectivity index (χ1n) is 13.8. The van der Waals surface area contributed by atoms with Gasteiger partial charge in [0.1, 0.15) is 11.4 Å². The van der Waals surface area contributed by atoms with E-state index in [-0.39, 0.29) is 28.7 Å². The molecule has 9 nitrogen and oxygen atoms in total. The Morgan fingerprint density at radius 3 is 2.29 bits per heavy atom. The van der Waals surface area contributed by atoms with Crippen LogP contribution in [-0.2, 0) is 26.6 Å². The van der Waals surface area contributed by atoms with Crippen molar-refractivity contribution in [2.45, 2.75) is 44.3 Å². The Kier molecular flexibility index (Phi) is 10.8. The Morgan fingerprint density at radius 1 is 0.978 bits per heavy atom. The van der Waals surface area contributed by atoms with Gasteiger partial charge >= 0.3 is 0 Å². The molecule has 0 amide bonds. The normalized spacial score (nSPS) is 13.8. The first-order valence-corrected chi connectivity index (χ1v) is 17.0. The second-order valence-corrected chi connectivity index (χ2v) is 13.4. The van der Waals surface area contributed by atoms with E-state index < -0.39 is 44.0 Å². The van der Waals surface area contributed by atoms with E-state index in [1.165, 1.54) is 6.07 Å². The van der Waals surface area contributed by atoms with Gasteiger partial charge in [-0.25, -0.2) is 18.7 Å². The van der Waals surface area contributed by atoms with Crippen LogP contribution in [-0.4, -0.2) is 42.4 Å². The van der Waals surface area contributed by atoms with Crippen LogP contribution in [0.2, 0.25) is 0 Å². The Labute approximate surface area is 262 Å². The molecule has 0 radical (unpaired) electrons. The van der Waals surface area contributed by atoms with Crippen LogP contribution in [0.3, 0.4) is 0 Å². The first kappa shape index (κ1) is 33.9. The zero-order chi connectivity index (χ0) is 32.9. The third-order valence-electron chi connectivity index (χ3n) is 6.57. The van der Waals surface area contributed by atoms with Crippen LogP contribution in [0.15, 0.2) is 53.6 Å². The van der Waals surface area contributed by atoms with E-state index in [0.717, 1.165) is 23.4 Å². The summed E-state index contributed by atoms with van der Waals surface area (Å²) in [4.78, 5) is 8.19. The number of aromatic nitrogens is 2.